The molecule has 154 valence electrons. The molecule has 0 bridgehead atoms. The summed E-state index contributed by atoms with van der Waals surface area (Å²) < 4.78 is 40.3. The van der Waals surface area contributed by atoms with E-state index in [0.717, 1.165) is 4.70 Å². The van der Waals surface area contributed by atoms with Gasteiger partial charge in [0.15, 0.2) is 5.13 Å². The molecule has 1 amide bonds. The highest BCUT2D eigenvalue weighted by atomic mass is 32.2. The van der Waals surface area contributed by atoms with Gasteiger partial charge in [0.05, 0.1) is 23.4 Å². The molecule has 2 aromatic carbocycles. The molecule has 0 unspecified atom stereocenters. The van der Waals surface area contributed by atoms with Crippen LogP contribution < -0.4 is 19.5 Å². The van der Waals surface area contributed by atoms with E-state index < -0.39 is 10.0 Å². The van der Waals surface area contributed by atoms with Crippen molar-refractivity contribution in [3.05, 3.63) is 36.4 Å². The second-order valence-electron chi connectivity index (χ2n) is 5.96. The van der Waals surface area contributed by atoms with Gasteiger partial charge in [0.2, 0.25) is 5.91 Å². The number of fused-ring (bicyclic) bond motifs is 1. The Bertz CT molecular complexity index is 1140. The van der Waals surface area contributed by atoms with Gasteiger partial charge in [0.25, 0.3) is 10.0 Å². The maximum absolute atomic E-state index is 13.0. The molecular formula is C19H21N3O5S2. The molecule has 2 N–H and O–H groups in total. The van der Waals surface area contributed by atoms with Gasteiger partial charge >= 0.3 is 0 Å². The number of carbonyl (C=O) groups excluding carboxylic acids is 1. The molecule has 1 aromatic heterocycles. The predicted molar refractivity (Wildman–Crippen MR) is 114 cm³/mol. The minimum Gasteiger partial charge on any atom is -0.494 e. The van der Waals surface area contributed by atoms with Crippen LogP contribution in [-0.4, -0.2) is 32.5 Å². The summed E-state index contributed by atoms with van der Waals surface area (Å²) in [5, 5.41) is 2.80. The van der Waals surface area contributed by atoms with E-state index in [9.17, 15) is 13.2 Å². The Morgan fingerprint density at radius 3 is 2.55 bits per heavy atom. The first-order chi connectivity index (χ1) is 13.8. The van der Waals surface area contributed by atoms with E-state index >= 15 is 0 Å². The summed E-state index contributed by atoms with van der Waals surface area (Å²) in [6.07, 6.45) is 0. The average Bonchev–Trinajstić information content (AvgIpc) is 3.03. The van der Waals surface area contributed by atoms with Crippen molar-refractivity contribution in [1.29, 1.82) is 0 Å². The van der Waals surface area contributed by atoms with Gasteiger partial charge in [-0.3, -0.25) is 9.52 Å². The number of carbonyl (C=O) groups is 1. The maximum Gasteiger partial charge on any atom is 0.267 e. The fourth-order valence-electron chi connectivity index (χ4n) is 2.65. The van der Waals surface area contributed by atoms with Gasteiger partial charge < -0.3 is 14.8 Å². The summed E-state index contributed by atoms with van der Waals surface area (Å²) in [5.74, 6) is 0.579. The quantitative estimate of drug-likeness (QED) is 0.557. The van der Waals surface area contributed by atoms with Crippen molar-refractivity contribution in [2.24, 2.45) is 0 Å². The van der Waals surface area contributed by atoms with Crippen LogP contribution in [0, 0.1) is 0 Å². The van der Waals surface area contributed by atoms with Crippen molar-refractivity contribution in [3.8, 4) is 11.5 Å². The van der Waals surface area contributed by atoms with E-state index in [1.807, 2.05) is 13.0 Å². The Kier molecular flexibility index (Phi) is 6.23. The van der Waals surface area contributed by atoms with Gasteiger partial charge in [0.1, 0.15) is 16.4 Å². The van der Waals surface area contributed by atoms with Gasteiger partial charge in [0, 0.05) is 12.6 Å². The van der Waals surface area contributed by atoms with Gasteiger partial charge in [-0.05, 0) is 50.2 Å². The Morgan fingerprint density at radius 2 is 1.86 bits per heavy atom. The molecule has 0 saturated carbocycles. The molecule has 10 heteroatoms. The van der Waals surface area contributed by atoms with E-state index in [0.29, 0.717) is 30.2 Å². The summed E-state index contributed by atoms with van der Waals surface area (Å²) in [6.45, 7) is 5.83. The minimum absolute atomic E-state index is 0.0835. The van der Waals surface area contributed by atoms with Crippen LogP contribution in [0.5, 0.6) is 11.5 Å². The second-order valence-corrected chi connectivity index (χ2v) is 8.64. The number of hydrogen-bond acceptors (Lipinski definition) is 7. The average molecular weight is 436 g/mol. The van der Waals surface area contributed by atoms with Gasteiger partial charge in [-0.1, -0.05) is 11.3 Å². The molecule has 0 aliphatic carbocycles. The van der Waals surface area contributed by atoms with E-state index in [2.05, 4.69) is 15.0 Å². The predicted octanol–water partition coefficient (Wildman–Crippen LogP) is 3.85. The Labute approximate surface area is 172 Å². The molecule has 3 aromatic rings. The second kappa shape index (κ2) is 8.66. The number of ether oxygens (including phenoxy) is 2. The summed E-state index contributed by atoms with van der Waals surface area (Å²) >= 11 is 1.20. The molecule has 0 fully saturated rings. The normalized spacial score (nSPS) is 11.3. The van der Waals surface area contributed by atoms with Crippen LogP contribution in [0.3, 0.4) is 0 Å². The van der Waals surface area contributed by atoms with E-state index in [1.165, 1.54) is 30.4 Å². The third kappa shape index (κ3) is 4.96. The van der Waals surface area contributed by atoms with Crippen molar-refractivity contribution >= 4 is 48.3 Å². The number of sulfonamides is 1. The highest BCUT2D eigenvalue weighted by Crippen LogP contribution is 2.33. The molecule has 29 heavy (non-hydrogen) atoms. The number of nitrogens with one attached hydrogen (secondary N) is 2. The van der Waals surface area contributed by atoms with Crippen LogP contribution in [0.25, 0.3) is 10.2 Å². The lowest BCUT2D eigenvalue weighted by molar-refractivity contribution is -0.114. The van der Waals surface area contributed by atoms with Crippen LogP contribution in [-0.2, 0) is 14.8 Å². The third-order valence-corrected chi connectivity index (χ3v) is 6.17. The topological polar surface area (TPSA) is 107 Å². The van der Waals surface area contributed by atoms with Gasteiger partial charge in [-0.2, -0.15) is 0 Å². The Morgan fingerprint density at radius 1 is 1.10 bits per heavy atom. The lowest BCUT2D eigenvalue weighted by atomic mass is 10.3. The smallest absolute Gasteiger partial charge is 0.267 e. The van der Waals surface area contributed by atoms with Crippen molar-refractivity contribution in [3.63, 3.8) is 0 Å². The van der Waals surface area contributed by atoms with Crippen molar-refractivity contribution in [2.45, 2.75) is 25.7 Å². The zero-order valence-electron chi connectivity index (χ0n) is 16.2. The van der Waals surface area contributed by atoms with Crippen LogP contribution in [0.15, 0.2) is 41.3 Å². The lowest BCUT2D eigenvalue weighted by Crippen LogP contribution is -2.15. The summed E-state index contributed by atoms with van der Waals surface area (Å²) in [7, 11) is -4.00. The number of hydrogen-bond donors (Lipinski definition) is 2. The zero-order chi connectivity index (χ0) is 21.0. The number of benzene rings is 2. The molecule has 0 aliphatic rings. The van der Waals surface area contributed by atoms with E-state index in [4.69, 9.17) is 9.47 Å². The van der Waals surface area contributed by atoms with E-state index in [-0.39, 0.29) is 21.7 Å². The van der Waals surface area contributed by atoms with Crippen molar-refractivity contribution in [1.82, 2.24) is 4.98 Å². The highest BCUT2D eigenvalue weighted by Gasteiger charge is 2.22. The Hall–Kier alpha value is -2.85. The van der Waals surface area contributed by atoms with Gasteiger partial charge in [-0.15, -0.1) is 0 Å². The fraction of sp³-hybridized carbons (Fsp3) is 0.263. The van der Waals surface area contributed by atoms with E-state index in [1.54, 1.807) is 25.1 Å². The summed E-state index contributed by atoms with van der Waals surface area (Å²) in [6, 6.07) is 9.83. The maximum atomic E-state index is 13.0. The number of nitrogens with zero attached hydrogens (tertiary/aromatic N) is 1. The number of amides is 1. The Balaban J connectivity index is 1.95. The fourth-order valence-corrected chi connectivity index (χ4v) is 4.95. The van der Waals surface area contributed by atoms with Crippen LogP contribution in [0.1, 0.15) is 20.8 Å². The number of aromatic nitrogens is 1. The standard InChI is InChI=1S/C19H21N3O5S2/c1-4-26-14-7-8-15-17(11-14)28-19(21-15)22-29(24,25)18-10-13(20-12(3)23)6-9-16(18)27-5-2/h6-11H,4-5H2,1-3H3,(H,20,23)(H,21,22). The number of anilines is 2. The molecule has 0 spiro atoms. The molecule has 8 nitrogen and oxygen atoms in total. The monoisotopic (exact) mass is 435 g/mol. The largest absolute Gasteiger partial charge is 0.494 e. The molecule has 0 saturated heterocycles. The van der Waals surface area contributed by atoms with Crippen LogP contribution in [0.2, 0.25) is 0 Å². The first-order valence-corrected chi connectivity index (χ1v) is 11.2. The third-order valence-electron chi connectivity index (χ3n) is 3.75. The number of thiazole rings is 1. The van der Waals surface area contributed by atoms with Crippen molar-refractivity contribution < 1.29 is 22.7 Å². The van der Waals surface area contributed by atoms with Crippen molar-refractivity contribution in [2.75, 3.05) is 23.3 Å². The molecule has 0 aliphatic heterocycles. The number of rotatable bonds is 8. The zero-order valence-corrected chi connectivity index (χ0v) is 17.8. The summed E-state index contributed by atoms with van der Waals surface area (Å²) in [5.41, 5.74) is 1.01. The molecule has 0 atom stereocenters. The minimum atomic E-state index is -4.00. The van der Waals surface area contributed by atoms with Crippen LogP contribution >= 0.6 is 11.3 Å². The molecular weight excluding hydrogens is 414 g/mol. The van der Waals surface area contributed by atoms with Crippen LogP contribution in [0.4, 0.5) is 10.8 Å². The first-order valence-electron chi connectivity index (χ1n) is 8.93. The molecule has 3 rings (SSSR count). The van der Waals surface area contributed by atoms with Gasteiger partial charge in [-0.25, -0.2) is 13.4 Å². The molecule has 1 heterocycles. The summed E-state index contributed by atoms with van der Waals surface area (Å²) in [4.78, 5) is 15.6. The highest BCUT2D eigenvalue weighted by molar-refractivity contribution is 7.93. The molecule has 0 radical (unpaired) electrons. The lowest BCUT2D eigenvalue weighted by Gasteiger charge is -2.13. The first kappa shape index (κ1) is 20.9. The SMILES string of the molecule is CCOc1ccc2nc(NS(=O)(=O)c3cc(NC(C)=O)ccc3OCC)sc2c1.